The molecule has 64 valence electrons. The normalized spacial score (nSPS) is 32.6. The van der Waals surface area contributed by atoms with Crippen LogP contribution in [0.15, 0.2) is 0 Å². The Bertz CT molecular complexity index is 158. The highest BCUT2D eigenvalue weighted by Crippen LogP contribution is 2.21. The average molecular weight is 157 g/mol. The van der Waals surface area contributed by atoms with Gasteiger partial charge in [0.2, 0.25) is 0 Å². The molecule has 0 amide bonds. The second-order valence-corrected chi connectivity index (χ2v) is 3.32. The smallest absolute Gasteiger partial charge is 0.134 e. The van der Waals surface area contributed by atoms with Crippen LogP contribution in [0.1, 0.15) is 13.3 Å². The van der Waals surface area contributed by atoms with Gasteiger partial charge in [0.05, 0.1) is 6.61 Å². The second kappa shape index (κ2) is 3.32. The van der Waals surface area contributed by atoms with Crippen molar-refractivity contribution >= 4 is 5.78 Å². The SMILES string of the molecule is CC(=O)C1CC(CO)N(C)C1. The fourth-order valence-corrected chi connectivity index (χ4v) is 1.59. The van der Waals surface area contributed by atoms with Crippen molar-refractivity contribution in [3.8, 4) is 0 Å². The molecule has 2 atom stereocenters. The maximum absolute atomic E-state index is 10.9. The van der Waals surface area contributed by atoms with E-state index < -0.39 is 0 Å². The zero-order valence-corrected chi connectivity index (χ0v) is 7.08. The van der Waals surface area contributed by atoms with Crippen LogP contribution < -0.4 is 0 Å². The Morgan fingerprint density at radius 2 is 2.36 bits per heavy atom. The third-order valence-corrected chi connectivity index (χ3v) is 2.47. The van der Waals surface area contributed by atoms with Crippen molar-refractivity contribution in [3.63, 3.8) is 0 Å². The summed E-state index contributed by atoms with van der Waals surface area (Å²) in [5.74, 6) is 0.393. The van der Waals surface area contributed by atoms with E-state index in [2.05, 4.69) is 0 Å². The minimum Gasteiger partial charge on any atom is -0.395 e. The van der Waals surface area contributed by atoms with Crippen molar-refractivity contribution in [1.82, 2.24) is 4.90 Å². The Labute approximate surface area is 67.0 Å². The predicted octanol–water partition coefficient (Wildman–Crippen LogP) is -0.112. The Morgan fingerprint density at radius 3 is 2.64 bits per heavy atom. The van der Waals surface area contributed by atoms with Gasteiger partial charge in [0.15, 0.2) is 0 Å². The largest absolute Gasteiger partial charge is 0.395 e. The molecule has 0 aliphatic carbocycles. The number of carbonyl (C=O) groups is 1. The molecule has 0 bridgehead atoms. The zero-order chi connectivity index (χ0) is 8.43. The number of hydrogen-bond acceptors (Lipinski definition) is 3. The van der Waals surface area contributed by atoms with Crippen LogP contribution in [0.25, 0.3) is 0 Å². The Kier molecular flexibility index (Phi) is 2.62. The van der Waals surface area contributed by atoms with E-state index in [1.807, 2.05) is 11.9 Å². The highest BCUT2D eigenvalue weighted by Gasteiger charge is 2.31. The van der Waals surface area contributed by atoms with Crippen molar-refractivity contribution in [1.29, 1.82) is 0 Å². The summed E-state index contributed by atoms with van der Waals surface area (Å²) >= 11 is 0. The first kappa shape index (κ1) is 8.68. The van der Waals surface area contributed by atoms with Gasteiger partial charge in [-0.2, -0.15) is 0 Å². The molecule has 0 spiro atoms. The lowest BCUT2D eigenvalue weighted by atomic mass is 10.0. The highest BCUT2D eigenvalue weighted by molar-refractivity contribution is 5.78. The minimum atomic E-state index is 0.150. The van der Waals surface area contributed by atoms with Gasteiger partial charge in [-0.15, -0.1) is 0 Å². The highest BCUT2D eigenvalue weighted by atomic mass is 16.3. The molecule has 1 aliphatic heterocycles. The summed E-state index contributed by atoms with van der Waals surface area (Å²) in [4.78, 5) is 13.0. The van der Waals surface area contributed by atoms with E-state index in [0.29, 0.717) is 0 Å². The number of aliphatic hydroxyl groups is 1. The van der Waals surface area contributed by atoms with E-state index in [4.69, 9.17) is 5.11 Å². The van der Waals surface area contributed by atoms with Crippen LogP contribution in [0.5, 0.6) is 0 Å². The predicted molar refractivity (Wildman–Crippen MR) is 42.3 cm³/mol. The number of carbonyl (C=O) groups excluding carboxylic acids is 1. The fraction of sp³-hybridized carbons (Fsp3) is 0.875. The minimum absolute atomic E-state index is 0.150. The summed E-state index contributed by atoms with van der Waals surface area (Å²) < 4.78 is 0. The maximum Gasteiger partial charge on any atom is 0.134 e. The summed E-state index contributed by atoms with van der Waals surface area (Å²) in [5.41, 5.74) is 0. The summed E-state index contributed by atoms with van der Waals surface area (Å²) in [6.45, 7) is 2.60. The molecule has 1 heterocycles. The van der Waals surface area contributed by atoms with Crippen molar-refractivity contribution in [3.05, 3.63) is 0 Å². The monoisotopic (exact) mass is 157 g/mol. The molecule has 1 fully saturated rings. The van der Waals surface area contributed by atoms with Gasteiger partial charge in [-0.05, 0) is 20.4 Å². The van der Waals surface area contributed by atoms with E-state index in [9.17, 15) is 4.79 Å². The summed E-state index contributed by atoms with van der Waals surface area (Å²) in [7, 11) is 1.95. The van der Waals surface area contributed by atoms with Gasteiger partial charge in [0.1, 0.15) is 5.78 Å². The van der Waals surface area contributed by atoms with Gasteiger partial charge < -0.3 is 10.0 Å². The number of ketones is 1. The van der Waals surface area contributed by atoms with Crippen LogP contribution in [0.3, 0.4) is 0 Å². The molecule has 0 aromatic carbocycles. The van der Waals surface area contributed by atoms with E-state index in [1.54, 1.807) is 6.92 Å². The lowest BCUT2D eigenvalue weighted by Crippen LogP contribution is -2.28. The Balaban J connectivity index is 2.49. The van der Waals surface area contributed by atoms with Crippen LogP contribution in [0, 0.1) is 5.92 Å². The Morgan fingerprint density at radius 1 is 1.73 bits per heavy atom. The number of rotatable bonds is 2. The molecule has 3 heteroatoms. The molecule has 1 saturated heterocycles. The lowest BCUT2D eigenvalue weighted by Gasteiger charge is -2.15. The molecule has 0 aromatic heterocycles. The molecule has 1 aliphatic rings. The van der Waals surface area contributed by atoms with Crippen molar-refractivity contribution in [2.75, 3.05) is 20.2 Å². The van der Waals surface area contributed by atoms with E-state index in [1.165, 1.54) is 0 Å². The molecule has 1 N–H and O–H groups in total. The third kappa shape index (κ3) is 1.79. The van der Waals surface area contributed by atoms with E-state index in [0.717, 1.165) is 13.0 Å². The van der Waals surface area contributed by atoms with Gasteiger partial charge in [-0.25, -0.2) is 0 Å². The molecular formula is C8H15NO2. The number of nitrogens with zero attached hydrogens (tertiary/aromatic N) is 1. The number of likely N-dealkylation sites (N-methyl/N-ethyl adjacent to an activating group) is 1. The summed E-state index contributed by atoms with van der Waals surface area (Å²) in [6, 6.07) is 0.198. The molecule has 0 aromatic rings. The fourth-order valence-electron chi connectivity index (χ4n) is 1.59. The topological polar surface area (TPSA) is 40.5 Å². The maximum atomic E-state index is 10.9. The van der Waals surface area contributed by atoms with Gasteiger partial charge in [-0.1, -0.05) is 0 Å². The first-order chi connectivity index (χ1) is 5.15. The van der Waals surface area contributed by atoms with E-state index >= 15 is 0 Å². The second-order valence-electron chi connectivity index (χ2n) is 3.32. The van der Waals surface area contributed by atoms with Crippen molar-refractivity contribution < 1.29 is 9.90 Å². The molecule has 0 radical (unpaired) electrons. The molecule has 1 rings (SSSR count). The molecular weight excluding hydrogens is 142 g/mol. The van der Waals surface area contributed by atoms with Gasteiger partial charge >= 0.3 is 0 Å². The van der Waals surface area contributed by atoms with Crippen LogP contribution in [-0.4, -0.2) is 42.0 Å². The van der Waals surface area contributed by atoms with Crippen molar-refractivity contribution in [2.45, 2.75) is 19.4 Å². The average Bonchev–Trinajstić information content (AvgIpc) is 2.31. The Hall–Kier alpha value is -0.410. The summed E-state index contributed by atoms with van der Waals surface area (Å²) in [5, 5.41) is 8.88. The van der Waals surface area contributed by atoms with Crippen LogP contribution in [0.4, 0.5) is 0 Å². The third-order valence-electron chi connectivity index (χ3n) is 2.47. The molecule has 3 nitrogen and oxygen atoms in total. The van der Waals surface area contributed by atoms with Crippen LogP contribution >= 0.6 is 0 Å². The number of likely N-dealkylation sites (tertiary alicyclic amines) is 1. The van der Waals surface area contributed by atoms with Gasteiger partial charge in [0.25, 0.3) is 0 Å². The number of hydrogen-bond donors (Lipinski definition) is 1. The van der Waals surface area contributed by atoms with Crippen LogP contribution in [0.2, 0.25) is 0 Å². The van der Waals surface area contributed by atoms with Gasteiger partial charge in [-0.3, -0.25) is 4.79 Å². The summed E-state index contributed by atoms with van der Waals surface area (Å²) in [6.07, 6.45) is 0.822. The first-order valence-electron chi connectivity index (χ1n) is 3.96. The number of Topliss-reactive ketones (excluding diaryl/α,β-unsaturated/α-hetero) is 1. The first-order valence-corrected chi connectivity index (χ1v) is 3.96. The molecule has 11 heavy (non-hydrogen) atoms. The molecule has 2 unspecified atom stereocenters. The quantitative estimate of drug-likeness (QED) is 0.608. The zero-order valence-electron chi connectivity index (χ0n) is 7.08. The molecule has 0 saturated carbocycles. The van der Waals surface area contributed by atoms with E-state index in [-0.39, 0.29) is 24.3 Å². The van der Waals surface area contributed by atoms with Crippen LogP contribution in [-0.2, 0) is 4.79 Å². The standard InChI is InChI=1S/C8H15NO2/c1-6(11)7-3-8(5-10)9(2)4-7/h7-8,10H,3-5H2,1-2H3. The number of aliphatic hydroxyl groups excluding tert-OH is 1. The lowest BCUT2D eigenvalue weighted by molar-refractivity contribution is -0.120. The van der Waals surface area contributed by atoms with Gasteiger partial charge in [0, 0.05) is 18.5 Å². The van der Waals surface area contributed by atoms with Crippen molar-refractivity contribution in [2.24, 2.45) is 5.92 Å².